The van der Waals surface area contributed by atoms with Gasteiger partial charge in [0, 0.05) is 26.2 Å². The standard InChI is InChI=1S/C15H30N2O5S/c1-15(2,3)22-14(19)16-9-13(11-18)8-12-6-5-7-17(10-12)23(4,20)21/h12-13,18H,5-11H2,1-4H3,(H,16,19). The summed E-state index contributed by atoms with van der Waals surface area (Å²) in [6, 6.07) is 0. The highest BCUT2D eigenvalue weighted by atomic mass is 32.2. The van der Waals surface area contributed by atoms with Gasteiger partial charge in [0.05, 0.1) is 6.26 Å². The smallest absolute Gasteiger partial charge is 0.407 e. The van der Waals surface area contributed by atoms with E-state index in [0.717, 1.165) is 12.8 Å². The zero-order valence-corrected chi connectivity index (χ0v) is 15.4. The number of nitrogens with one attached hydrogen (secondary N) is 1. The Hall–Kier alpha value is -0.860. The number of carbonyl (C=O) groups is 1. The molecule has 0 aromatic rings. The molecule has 0 spiro atoms. The lowest BCUT2D eigenvalue weighted by atomic mass is 9.89. The van der Waals surface area contributed by atoms with Crippen molar-refractivity contribution in [3.63, 3.8) is 0 Å². The highest BCUT2D eigenvalue weighted by Gasteiger charge is 2.28. The van der Waals surface area contributed by atoms with Gasteiger partial charge in [-0.05, 0) is 51.9 Å². The minimum Gasteiger partial charge on any atom is -0.444 e. The molecule has 2 unspecified atom stereocenters. The highest BCUT2D eigenvalue weighted by Crippen LogP contribution is 2.24. The van der Waals surface area contributed by atoms with Crippen LogP contribution in [0.1, 0.15) is 40.0 Å². The summed E-state index contributed by atoms with van der Waals surface area (Å²) in [5.41, 5.74) is -0.557. The molecule has 7 nitrogen and oxygen atoms in total. The van der Waals surface area contributed by atoms with Crippen LogP contribution in [0.4, 0.5) is 4.79 Å². The van der Waals surface area contributed by atoms with Gasteiger partial charge in [-0.2, -0.15) is 0 Å². The quantitative estimate of drug-likeness (QED) is 0.750. The Labute approximate surface area is 139 Å². The molecule has 0 aliphatic carbocycles. The number of aliphatic hydroxyl groups is 1. The molecule has 0 radical (unpaired) electrons. The average Bonchev–Trinajstić information content (AvgIpc) is 2.41. The molecule has 0 aromatic carbocycles. The van der Waals surface area contributed by atoms with Gasteiger partial charge in [0.2, 0.25) is 10.0 Å². The molecule has 136 valence electrons. The highest BCUT2D eigenvalue weighted by molar-refractivity contribution is 7.88. The maximum absolute atomic E-state index is 11.7. The van der Waals surface area contributed by atoms with E-state index in [9.17, 15) is 18.3 Å². The molecule has 1 aliphatic heterocycles. The fraction of sp³-hybridized carbons (Fsp3) is 0.933. The molecule has 0 bridgehead atoms. The monoisotopic (exact) mass is 350 g/mol. The summed E-state index contributed by atoms with van der Waals surface area (Å²) in [7, 11) is -3.17. The number of nitrogens with zero attached hydrogens (tertiary/aromatic N) is 1. The number of sulfonamides is 1. The van der Waals surface area contributed by atoms with Gasteiger partial charge >= 0.3 is 6.09 Å². The van der Waals surface area contributed by atoms with Crippen LogP contribution in [0, 0.1) is 11.8 Å². The Bertz CT molecular complexity index is 487. The number of alkyl carbamates (subject to hydrolysis) is 1. The summed E-state index contributed by atoms with van der Waals surface area (Å²) in [5.74, 6) is 0.100. The predicted octanol–water partition coefficient (Wildman–Crippen LogP) is 1.18. The van der Waals surface area contributed by atoms with Gasteiger partial charge in [-0.3, -0.25) is 0 Å². The van der Waals surface area contributed by atoms with Crippen LogP contribution < -0.4 is 5.32 Å². The first-order chi connectivity index (χ1) is 10.5. The van der Waals surface area contributed by atoms with E-state index in [4.69, 9.17) is 4.74 Å². The first-order valence-electron chi connectivity index (χ1n) is 8.04. The fourth-order valence-corrected chi connectivity index (χ4v) is 3.70. The van der Waals surface area contributed by atoms with Gasteiger partial charge < -0.3 is 15.2 Å². The molecule has 1 rings (SSSR count). The molecule has 2 N–H and O–H groups in total. The van der Waals surface area contributed by atoms with Crippen LogP contribution in [0.25, 0.3) is 0 Å². The minimum atomic E-state index is -3.17. The predicted molar refractivity (Wildman–Crippen MR) is 88.6 cm³/mol. The third kappa shape index (κ3) is 7.99. The van der Waals surface area contributed by atoms with E-state index in [1.807, 2.05) is 0 Å². The summed E-state index contributed by atoms with van der Waals surface area (Å²) < 4.78 is 29.9. The topological polar surface area (TPSA) is 95.9 Å². The second kappa shape index (κ2) is 8.30. The van der Waals surface area contributed by atoms with E-state index in [0.29, 0.717) is 26.1 Å². The van der Waals surface area contributed by atoms with E-state index in [2.05, 4.69) is 5.32 Å². The molecule has 8 heteroatoms. The van der Waals surface area contributed by atoms with Crippen molar-refractivity contribution in [2.75, 3.05) is 32.5 Å². The van der Waals surface area contributed by atoms with Crippen molar-refractivity contribution in [2.45, 2.75) is 45.6 Å². The Morgan fingerprint density at radius 3 is 2.61 bits per heavy atom. The van der Waals surface area contributed by atoms with Crippen molar-refractivity contribution >= 4 is 16.1 Å². The van der Waals surface area contributed by atoms with Crippen LogP contribution in [0.5, 0.6) is 0 Å². The van der Waals surface area contributed by atoms with Crippen LogP contribution in [-0.4, -0.2) is 62.0 Å². The van der Waals surface area contributed by atoms with Crippen LogP contribution in [-0.2, 0) is 14.8 Å². The van der Waals surface area contributed by atoms with Crippen LogP contribution in [0.2, 0.25) is 0 Å². The van der Waals surface area contributed by atoms with Gasteiger partial charge in [-0.1, -0.05) is 0 Å². The number of ether oxygens (including phenoxy) is 1. The SMILES string of the molecule is CC(C)(C)OC(=O)NCC(CO)CC1CCCN(S(C)(=O)=O)C1. The first kappa shape index (κ1) is 20.2. The average molecular weight is 350 g/mol. The van der Waals surface area contributed by atoms with Crippen LogP contribution in [0.3, 0.4) is 0 Å². The van der Waals surface area contributed by atoms with Crippen molar-refractivity contribution in [1.29, 1.82) is 0 Å². The number of hydrogen-bond donors (Lipinski definition) is 2. The number of piperidine rings is 1. The molecular formula is C15H30N2O5S. The van der Waals surface area contributed by atoms with Crippen LogP contribution >= 0.6 is 0 Å². The molecule has 0 saturated carbocycles. The Balaban J connectivity index is 2.45. The van der Waals surface area contributed by atoms with E-state index >= 15 is 0 Å². The minimum absolute atomic E-state index is 0.0504. The zero-order valence-electron chi connectivity index (χ0n) is 14.5. The van der Waals surface area contributed by atoms with Crippen molar-refractivity contribution in [3.05, 3.63) is 0 Å². The normalized spacial score (nSPS) is 21.7. The second-order valence-electron chi connectivity index (χ2n) is 7.30. The van der Waals surface area contributed by atoms with Crippen molar-refractivity contribution in [2.24, 2.45) is 11.8 Å². The lowest BCUT2D eigenvalue weighted by molar-refractivity contribution is 0.0506. The Morgan fingerprint density at radius 2 is 2.09 bits per heavy atom. The van der Waals surface area contributed by atoms with Gasteiger partial charge in [-0.15, -0.1) is 0 Å². The maximum Gasteiger partial charge on any atom is 0.407 e. The lowest BCUT2D eigenvalue weighted by Crippen LogP contribution is -2.41. The van der Waals surface area contributed by atoms with Gasteiger partial charge in [0.15, 0.2) is 0 Å². The summed E-state index contributed by atoms with van der Waals surface area (Å²) in [6.45, 7) is 6.69. The fourth-order valence-electron chi connectivity index (χ4n) is 2.76. The van der Waals surface area contributed by atoms with Gasteiger partial charge in [0.25, 0.3) is 0 Å². The summed E-state index contributed by atoms with van der Waals surface area (Å²) in [4.78, 5) is 11.7. The van der Waals surface area contributed by atoms with Crippen LogP contribution in [0.15, 0.2) is 0 Å². The van der Waals surface area contributed by atoms with Crippen molar-refractivity contribution in [1.82, 2.24) is 9.62 Å². The summed E-state index contributed by atoms with van der Waals surface area (Å²) >= 11 is 0. The molecule has 0 aromatic heterocycles. The van der Waals surface area contributed by atoms with Gasteiger partial charge in [0.1, 0.15) is 5.60 Å². The number of amides is 1. The molecule has 1 saturated heterocycles. The largest absolute Gasteiger partial charge is 0.444 e. The Morgan fingerprint density at radius 1 is 1.43 bits per heavy atom. The van der Waals surface area contributed by atoms with Gasteiger partial charge in [-0.25, -0.2) is 17.5 Å². The second-order valence-corrected chi connectivity index (χ2v) is 9.28. The first-order valence-corrected chi connectivity index (χ1v) is 9.89. The third-order valence-corrected chi connectivity index (χ3v) is 5.08. The Kier molecular flexibility index (Phi) is 7.29. The van der Waals surface area contributed by atoms with Crippen molar-refractivity contribution in [3.8, 4) is 0 Å². The van der Waals surface area contributed by atoms with E-state index in [-0.39, 0.29) is 18.4 Å². The third-order valence-electron chi connectivity index (χ3n) is 3.81. The number of hydrogen-bond acceptors (Lipinski definition) is 5. The molecule has 23 heavy (non-hydrogen) atoms. The number of aliphatic hydroxyl groups excluding tert-OH is 1. The molecule has 1 amide bonds. The van der Waals surface area contributed by atoms with Crippen molar-refractivity contribution < 1.29 is 23.1 Å². The van der Waals surface area contributed by atoms with E-state index in [1.165, 1.54) is 10.6 Å². The molecule has 1 aliphatic rings. The van der Waals surface area contributed by atoms with E-state index in [1.54, 1.807) is 20.8 Å². The molecule has 1 heterocycles. The number of rotatable bonds is 6. The number of carbonyl (C=O) groups excluding carboxylic acids is 1. The molecule has 1 fully saturated rings. The lowest BCUT2D eigenvalue weighted by Gasteiger charge is -2.32. The summed E-state index contributed by atoms with van der Waals surface area (Å²) in [5, 5.41) is 12.2. The van der Waals surface area contributed by atoms with E-state index < -0.39 is 21.7 Å². The molecule has 2 atom stereocenters. The zero-order chi connectivity index (χ0) is 17.7. The maximum atomic E-state index is 11.7. The summed E-state index contributed by atoms with van der Waals surface area (Å²) in [6.07, 6.45) is 3.17. The molecular weight excluding hydrogens is 320 g/mol.